The van der Waals surface area contributed by atoms with Crippen molar-refractivity contribution in [1.29, 1.82) is 0 Å². The SMILES string of the molecule is COc1cc(C)c(Cl)cc1S(=O)(=O)Nc1ccc2c(c1)CCCN2C(C)=O. The van der Waals surface area contributed by atoms with Crippen molar-refractivity contribution in [3.05, 3.63) is 46.5 Å². The van der Waals surface area contributed by atoms with Crippen molar-refractivity contribution in [2.24, 2.45) is 0 Å². The van der Waals surface area contributed by atoms with Gasteiger partial charge in [0.1, 0.15) is 10.6 Å². The van der Waals surface area contributed by atoms with Gasteiger partial charge in [-0.15, -0.1) is 0 Å². The summed E-state index contributed by atoms with van der Waals surface area (Å²) in [5.74, 6) is 0.202. The highest BCUT2D eigenvalue weighted by molar-refractivity contribution is 7.92. The largest absolute Gasteiger partial charge is 0.495 e. The van der Waals surface area contributed by atoms with E-state index in [2.05, 4.69) is 4.72 Å². The number of carbonyl (C=O) groups excluding carboxylic acids is 1. The maximum atomic E-state index is 12.9. The van der Waals surface area contributed by atoms with Crippen molar-refractivity contribution in [3.8, 4) is 5.75 Å². The van der Waals surface area contributed by atoms with Gasteiger partial charge < -0.3 is 9.64 Å². The van der Waals surface area contributed by atoms with Gasteiger partial charge in [-0.2, -0.15) is 0 Å². The van der Waals surface area contributed by atoms with Gasteiger partial charge >= 0.3 is 0 Å². The molecule has 0 aliphatic carbocycles. The second-order valence-corrected chi connectivity index (χ2v) is 8.53. The molecule has 8 heteroatoms. The molecule has 1 N–H and O–H groups in total. The molecular weight excluding hydrogens is 388 g/mol. The fraction of sp³-hybridized carbons (Fsp3) is 0.316. The van der Waals surface area contributed by atoms with Gasteiger partial charge in [0.15, 0.2) is 0 Å². The number of anilines is 2. The number of methoxy groups -OCH3 is 1. The summed E-state index contributed by atoms with van der Waals surface area (Å²) in [4.78, 5) is 13.5. The molecule has 3 rings (SSSR count). The van der Waals surface area contributed by atoms with Crippen LogP contribution in [-0.2, 0) is 21.2 Å². The molecule has 0 atom stereocenters. The van der Waals surface area contributed by atoms with Crippen LogP contribution in [-0.4, -0.2) is 28.0 Å². The van der Waals surface area contributed by atoms with Crippen molar-refractivity contribution >= 4 is 38.9 Å². The molecule has 0 saturated carbocycles. The minimum atomic E-state index is -3.89. The molecule has 1 aliphatic rings. The first-order chi connectivity index (χ1) is 12.7. The molecule has 0 fully saturated rings. The molecule has 0 aromatic heterocycles. The Balaban J connectivity index is 1.96. The number of ether oxygens (including phenoxy) is 1. The maximum Gasteiger partial charge on any atom is 0.265 e. The van der Waals surface area contributed by atoms with Gasteiger partial charge in [0.05, 0.1) is 7.11 Å². The summed E-state index contributed by atoms with van der Waals surface area (Å²) < 4.78 is 33.5. The standard InChI is InChI=1S/C19H21ClN2O4S/c1-12-9-18(26-3)19(11-16(12)20)27(24,25)21-15-6-7-17-14(10-15)5-4-8-22(17)13(2)23/h6-7,9-11,21H,4-5,8H2,1-3H3. The Bertz CT molecular complexity index is 1010. The van der Waals surface area contributed by atoms with Crippen molar-refractivity contribution < 1.29 is 17.9 Å². The molecule has 1 amide bonds. The van der Waals surface area contributed by atoms with E-state index < -0.39 is 10.0 Å². The van der Waals surface area contributed by atoms with Crippen molar-refractivity contribution in [1.82, 2.24) is 0 Å². The Kier molecular flexibility index (Phi) is 5.35. The Morgan fingerprint density at radius 1 is 1.26 bits per heavy atom. The van der Waals surface area contributed by atoms with E-state index in [4.69, 9.17) is 16.3 Å². The molecule has 0 unspecified atom stereocenters. The lowest BCUT2D eigenvalue weighted by Gasteiger charge is -2.29. The highest BCUT2D eigenvalue weighted by Crippen LogP contribution is 2.33. The summed E-state index contributed by atoms with van der Waals surface area (Å²) >= 11 is 6.11. The molecule has 144 valence electrons. The van der Waals surface area contributed by atoms with E-state index >= 15 is 0 Å². The monoisotopic (exact) mass is 408 g/mol. The van der Waals surface area contributed by atoms with Crippen LogP contribution < -0.4 is 14.4 Å². The molecule has 2 aromatic carbocycles. The lowest BCUT2D eigenvalue weighted by atomic mass is 10.0. The number of halogens is 1. The van der Waals surface area contributed by atoms with Gasteiger partial charge in [-0.1, -0.05) is 11.6 Å². The predicted octanol–water partition coefficient (Wildman–Crippen LogP) is 3.76. The molecule has 27 heavy (non-hydrogen) atoms. The van der Waals surface area contributed by atoms with Crippen LogP contribution in [0.1, 0.15) is 24.5 Å². The van der Waals surface area contributed by atoms with E-state index in [1.165, 1.54) is 20.1 Å². The Morgan fingerprint density at radius 2 is 2.00 bits per heavy atom. The number of rotatable bonds is 4. The number of fused-ring (bicyclic) bond motifs is 1. The normalized spacial score (nSPS) is 13.9. The molecule has 0 spiro atoms. The van der Waals surface area contributed by atoms with E-state index in [9.17, 15) is 13.2 Å². The van der Waals surface area contributed by atoms with Crippen LogP contribution in [0.3, 0.4) is 0 Å². The van der Waals surface area contributed by atoms with Crippen LogP contribution in [0.2, 0.25) is 5.02 Å². The fourth-order valence-corrected chi connectivity index (χ4v) is 4.66. The predicted molar refractivity (Wildman–Crippen MR) is 106 cm³/mol. The van der Waals surface area contributed by atoms with Crippen LogP contribution in [0.25, 0.3) is 0 Å². The highest BCUT2D eigenvalue weighted by Gasteiger charge is 2.24. The summed E-state index contributed by atoms with van der Waals surface area (Å²) in [7, 11) is -2.48. The second kappa shape index (κ2) is 7.40. The molecule has 1 heterocycles. The first-order valence-corrected chi connectivity index (χ1v) is 10.4. The lowest BCUT2D eigenvalue weighted by molar-refractivity contribution is -0.116. The maximum absolute atomic E-state index is 12.9. The highest BCUT2D eigenvalue weighted by atomic mass is 35.5. The number of hydrogen-bond acceptors (Lipinski definition) is 4. The number of carbonyl (C=O) groups is 1. The summed E-state index contributed by atoms with van der Waals surface area (Å²) in [5.41, 5.74) is 2.92. The fourth-order valence-electron chi connectivity index (χ4n) is 3.20. The number of hydrogen-bond donors (Lipinski definition) is 1. The van der Waals surface area contributed by atoms with Gasteiger partial charge in [-0.3, -0.25) is 9.52 Å². The van der Waals surface area contributed by atoms with E-state index in [-0.39, 0.29) is 16.6 Å². The van der Waals surface area contributed by atoms with Gasteiger partial charge in [0.25, 0.3) is 10.0 Å². The van der Waals surface area contributed by atoms with Crippen LogP contribution in [0, 0.1) is 6.92 Å². The zero-order chi connectivity index (χ0) is 19.8. The van der Waals surface area contributed by atoms with Crippen LogP contribution in [0.15, 0.2) is 35.2 Å². The van der Waals surface area contributed by atoms with Gasteiger partial charge in [-0.25, -0.2) is 8.42 Å². The summed E-state index contributed by atoms with van der Waals surface area (Å²) in [6.07, 6.45) is 1.62. The minimum absolute atomic E-state index is 0.0244. The second-order valence-electron chi connectivity index (χ2n) is 6.48. The van der Waals surface area contributed by atoms with E-state index in [0.29, 0.717) is 17.3 Å². The zero-order valence-electron chi connectivity index (χ0n) is 15.4. The minimum Gasteiger partial charge on any atom is -0.495 e. The van der Waals surface area contributed by atoms with Crippen molar-refractivity contribution in [2.45, 2.75) is 31.6 Å². The molecular formula is C19H21ClN2O4S. The number of nitrogens with one attached hydrogen (secondary N) is 1. The quantitative estimate of drug-likeness (QED) is 0.835. The summed E-state index contributed by atoms with van der Waals surface area (Å²) in [5, 5.41) is 0.346. The van der Waals surface area contributed by atoms with Gasteiger partial charge in [-0.05, 0) is 61.2 Å². The topological polar surface area (TPSA) is 75.7 Å². The smallest absolute Gasteiger partial charge is 0.265 e. The number of sulfonamides is 1. The first kappa shape index (κ1) is 19.5. The molecule has 6 nitrogen and oxygen atoms in total. The van der Waals surface area contributed by atoms with Crippen molar-refractivity contribution in [2.75, 3.05) is 23.3 Å². The van der Waals surface area contributed by atoms with Crippen LogP contribution in [0.5, 0.6) is 5.75 Å². The van der Waals surface area contributed by atoms with Crippen LogP contribution >= 0.6 is 11.6 Å². The zero-order valence-corrected chi connectivity index (χ0v) is 16.9. The van der Waals surface area contributed by atoms with E-state index in [0.717, 1.165) is 29.7 Å². The number of nitrogens with zero attached hydrogens (tertiary/aromatic N) is 1. The van der Waals surface area contributed by atoms with E-state index in [1.54, 1.807) is 36.1 Å². The van der Waals surface area contributed by atoms with Crippen LogP contribution in [0.4, 0.5) is 11.4 Å². The lowest BCUT2D eigenvalue weighted by Crippen LogP contribution is -2.33. The Morgan fingerprint density at radius 3 is 2.67 bits per heavy atom. The number of aryl methyl sites for hydroxylation is 2. The molecule has 2 aromatic rings. The average Bonchev–Trinajstić information content (AvgIpc) is 2.62. The number of benzene rings is 2. The third-order valence-electron chi connectivity index (χ3n) is 4.56. The molecule has 0 radical (unpaired) electrons. The van der Waals surface area contributed by atoms with Crippen molar-refractivity contribution in [3.63, 3.8) is 0 Å². The third-order valence-corrected chi connectivity index (χ3v) is 6.37. The summed E-state index contributed by atoms with van der Waals surface area (Å²) in [6.45, 7) is 3.98. The van der Waals surface area contributed by atoms with Gasteiger partial charge in [0, 0.05) is 29.9 Å². The molecule has 0 bridgehead atoms. The third kappa shape index (κ3) is 3.89. The Hall–Kier alpha value is -2.25. The number of amides is 1. The Labute approximate surface area is 164 Å². The van der Waals surface area contributed by atoms with Gasteiger partial charge in [0.2, 0.25) is 5.91 Å². The molecule has 1 aliphatic heterocycles. The molecule has 0 saturated heterocycles. The van der Waals surface area contributed by atoms with E-state index in [1.807, 2.05) is 0 Å². The first-order valence-electron chi connectivity index (χ1n) is 8.51. The average molecular weight is 409 g/mol. The summed E-state index contributed by atoms with van der Waals surface area (Å²) in [6, 6.07) is 8.17.